The number of allylic oxidation sites excluding steroid dienone is 1. The highest BCUT2D eigenvalue weighted by atomic mass is 35.5. The number of H-pyrrole nitrogens is 1. The monoisotopic (exact) mass is 646 g/mol. The number of carbonyl (C=O) groups excluding carboxylic acids is 1. The highest BCUT2D eigenvalue weighted by Gasteiger charge is 2.23. The molecular formula is C33H25Cl2FN4O5. The Balaban J connectivity index is 1.37. The minimum atomic E-state index is -0.736. The molecule has 12 heteroatoms. The van der Waals surface area contributed by atoms with Crippen molar-refractivity contribution < 1.29 is 27.8 Å². The van der Waals surface area contributed by atoms with Gasteiger partial charge >= 0.3 is 0 Å². The first kappa shape index (κ1) is 31.3. The van der Waals surface area contributed by atoms with Crippen LogP contribution in [-0.2, 0) is 6.42 Å². The van der Waals surface area contributed by atoms with E-state index in [2.05, 4.69) is 15.2 Å². The molecule has 45 heavy (non-hydrogen) atoms. The molecule has 1 N–H and O–H groups in total. The second-order valence-corrected chi connectivity index (χ2v) is 10.7. The summed E-state index contributed by atoms with van der Waals surface area (Å²) >= 11 is 12.3. The number of benzene rings is 3. The number of ether oxygens (including phenoxy) is 3. The molecule has 228 valence electrons. The minimum Gasteiger partial charge on any atom is -0.493 e. The number of para-hydroxylation sites is 1. The summed E-state index contributed by atoms with van der Waals surface area (Å²) in [6, 6.07) is 14.6. The van der Waals surface area contributed by atoms with Crippen LogP contribution in [0.2, 0.25) is 10.0 Å². The Morgan fingerprint density at radius 1 is 1.09 bits per heavy atom. The number of nitrogens with zero attached hydrogens (tertiary/aromatic N) is 3. The van der Waals surface area contributed by atoms with Gasteiger partial charge in [-0.1, -0.05) is 41.4 Å². The number of carbonyl (C=O) groups is 1. The van der Waals surface area contributed by atoms with Crippen LogP contribution in [0.5, 0.6) is 23.0 Å². The molecule has 5 rings (SSSR count). The fraction of sp³-hybridized carbons (Fsp3) is 0.152. The van der Waals surface area contributed by atoms with Gasteiger partial charge in [-0.2, -0.15) is 5.26 Å². The number of hydrogen-bond acceptors (Lipinski definition) is 8. The zero-order valence-electron chi connectivity index (χ0n) is 24.5. The molecule has 9 nitrogen and oxygen atoms in total. The third-order valence-electron chi connectivity index (χ3n) is 6.90. The highest BCUT2D eigenvalue weighted by molar-refractivity contribution is 6.32. The van der Waals surface area contributed by atoms with Gasteiger partial charge in [0, 0.05) is 27.4 Å². The first-order chi connectivity index (χ1) is 21.6. The molecule has 3 aromatic carbocycles. The van der Waals surface area contributed by atoms with Crippen LogP contribution in [-0.4, -0.2) is 35.2 Å². The van der Waals surface area contributed by atoms with E-state index in [4.69, 9.17) is 41.8 Å². The van der Waals surface area contributed by atoms with E-state index in [0.717, 1.165) is 0 Å². The van der Waals surface area contributed by atoms with Gasteiger partial charge in [0.25, 0.3) is 5.89 Å². The molecule has 0 amide bonds. The summed E-state index contributed by atoms with van der Waals surface area (Å²) in [5.41, 5.74) is 3.25. The SMILES string of the molecule is COc1cccc(C=CC(=O)c2c(C)[nH]c(-c3nnc(Cc4ccc(Cl)c(Oc5cc(Cl)cc(C#N)c5)c4F)o3)c2C)c1OC. The number of methoxy groups -OCH3 is 2. The van der Waals surface area contributed by atoms with Crippen molar-refractivity contribution in [2.45, 2.75) is 20.3 Å². The fourth-order valence-electron chi connectivity index (χ4n) is 4.82. The summed E-state index contributed by atoms with van der Waals surface area (Å²) in [7, 11) is 3.07. The summed E-state index contributed by atoms with van der Waals surface area (Å²) in [6.45, 7) is 3.54. The Labute approximate surface area is 267 Å². The van der Waals surface area contributed by atoms with Crippen LogP contribution in [0.25, 0.3) is 17.7 Å². The predicted molar refractivity (Wildman–Crippen MR) is 167 cm³/mol. The number of aromatic nitrogens is 3. The van der Waals surface area contributed by atoms with E-state index in [-0.39, 0.29) is 56.7 Å². The summed E-state index contributed by atoms with van der Waals surface area (Å²) in [6.07, 6.45) is 3.05. The fourth-order valence-corrected chi connectivity index (χ4v) is 5.23. The number of nitriles is 1. The van der Waals surface area contributed by atoms with E-state index in [1.165, 1.54) is 43.5 Å². The van der Waals surface area contributed by atoms with Gasteiger partial charge in [0.1, 0.15) is 11.4 Å². The maximum absolute atomic E-state index is 15.5. The Morgan fingerprint density at radius 3 is 2.62 bits per heavy atom. The number of aromatic amines is 1. The first-order valence-electron chi connectivity index (χ1n) is 13.4. The number of halogens is 3. The number of rotatable bonds is 10. The Kier molecular flexibility index (Phi) is 9.23. The van der Waals surface area contributed by atoms with Crippen LogP contribution in [0.4, 0.5) is 4.39 Å². The van der Waals surface area contributed by atoms with Gasteiger partial charge in [-0.05, 0) is 61.9 Å². The van der Waals surface area contributed by atoms with E-state index >= 15 is 4.39 Å². The molecule has 0 aliphatic rings. The molecule has 0 spiro atoms. The number of aryl methyl sites for hydroxylation is 1. The van der Waals surface area contributed by atoms with Crippen LogP contribution in [0.3, 0.4) is 0 Å². The molecule has 0 unspecified atom stereocenters. The van der Waals surface area contributed by atoms with E-state index < -0.39 is 5.82 Å². The molecule has 2 heterocycles. The van der Waals surface area contributed by atoms with Gasteiger partial charge in [-0.15, -0.1) is 10.2 Å². The van der Waals surface area contributed by atoms with Crippen molar-refractivity contribution in [1.29, 1.82) is 5.26 Å². The maximum Gasteiger partial charge on any atom is 0.264 e. The van der Waals surface area contributed by atoms with Crippen LogP contribution in [0, 0.1) is 31.0 Å². The Morgan fingerprint density at radius 2 is 1.89 bits per heavy atom. The topological polar surface area (TPSA) is 123 Å². The van der Waals surface area contributed by atoms with E-state index in [1.807, 2.05) is 12.1 Å². The summed E-state index contributed by atoms with van der Waals surface area (Å²) in [5.74, 6) is 0.255. The molecule has 0 aliphatic heterocycles. The van der Waals surface area contributed by atoms with Crippen LogP contribution < -0.4 is 14.2 Å². The predicted octanol–water partition coefficient (Wildman–Crippen LogP) is 8.30. The average molecular weight is 647 g/mol. The summed E-state index contributed by atoms with van der Waals surface area (Å²) in [4.78, 5) is 16.4. The zero-order chi connectivity index (χ0) is 32.2. The molecule has 0 bridgehead atoms. The lowest BCUT2D eigenvalue weighted by molar-refractivity contribution is 0.104. The normalized spacial score (nSPS) is 11.1. The summed E-state index contributed by atoms with van der Waals surface area (Å²) in [5, 5.41) is 17.7. The number of hydrogen-bond donors (Lipinski definition) is 1. The molecule has 5 aromatic rings. The quantitative estimate of drug-likeness (QED) is 0.119. The molecule has 0 fully saturated rings. The van der Waals surface area contributed by atoms with Gasteiger partial charge in [0.15, 0.2) is 28.8 Å². The standard InChI is InChI=1S/C33H25Cl2FN4O5/c1-17-28(25(41)11-9-20-6-5-7-26(42-3)31(20)43-4)18(2)38-30(17)33-40-39-27(45-33)14-21-8-10-24(35)32(29(21)36)44-23-13-19(16-37)12-22(34)15-23/h5-13,15,38H,14H2,1-4H3. The van der Waals surface area contributed by atoms with Crippen molar-refractivity contribution in [1.82, 2.24) is 15.2 Å². The van der Waals surface area contributed by atoms with Crippen LogP contribution in [0.15, 0.2) is 59.0 Å². The molecule has 0 atom stereocenters. The highest BCUT2D eigenvalue weighted by Crippen LogP contribution is 2.36. The van der Waals surface area contributed by atoms with Crippen molar-refractivity contribution in [2.75, 3.05) is 14.2 Å². The largest absolute Gasteiger partial charge is 0.493 e. The third-order valence-corrected chi connectivity index (χ3v) is 7.42. The van der Waals surface area contributed by atoms with Crippen molar-refractivity contribution in [3.05, 3.63) is 110 Å². The van der Waals surface area contributed by atoms with Crippen molar-refractivity contribution in [2.24, 2.45) is 0 Å². The molecule has 0 radical (unpaired) electrons. The zero-order valence-corrected chi connectivity index (χ0v) is 26.0. The average Bonchev–Trinajstić information content (AvgIpc) is 3.61. The molecule has 0 saturated carbocycles. The smallest absolute Gasteiger partial charge is 0.264 e. The Bertz CT molecular complexity index is 1990. The number of nitrogens with one attached hydrogen (secondary N) is 1. The van der Waals surface area contributed by atoms with Crippen molar-refractivity contribution in [3.63, 3.8) is 0 Å². The van der Waals surface area contributed by atoms with Crippen molar-refractivity contribution >= 4 is 35.1 Å². The Hall–Kier alpha value is -5.11. The molecular weight excluding hydrogens is 622 g/mol. The van der Waals surface area contributed by atoms with Crippen LogP contribution >= 0.6 is 23.2 Å². The maximum atomic E-state index is 15.5. The van der Waals surface area contributed by atoms with Crippen LogP contribution in [0.1, 0.15) is 44.2 Å². The lowest BCUT2D eigenvalue weighted by atomic mass is 10.0. The molecule has 0 saturated heterocycles. The van der Waals surface area contributed by atoms with Gasteiger partial charge in [0.2, 0.25) is 5.89 Å². The van der Waals surface area contributed by atoms with Gasteiger partial charge < -0.3 is 23.6 Å². The van der Waals surface area contributed by atoms with Gasteiger partial charge in [0.05, 0.1) is 37.3 Å². The molecule has 2 aromatic heterocycles. The van der Waals surface area contributed by atoms with E-state index in [1.54, 1.807) is 39.2 Å². The van der Waals surface area contributed by atoms with Gasteiger partial charge in [-0.25, -0.2) is 4.39 Å². The molecule has 0 aliphatic carbocycles. The lowest BCUT2D eigenvalue weighted by Crippen LogP contribution is -1.98. The van der Waals surface area contributed by atoms with E-state index in [9.17, 15) is 10.1 Å². The number of ketones is 1. The minimum absolute atomic E-state index is 0.0227. The van der Waals surface area contributed by atoms with E-state index in [0.29, 0.717) is 39.6 Å². The first-order valence-corrected chi connectivity index (χ1v) is 14.2. The second-order valence-electron chi connectivity index (χ2n) is 9.82. The second kappa shape index (κ2) is 13.3. The third kappa shape index (κ3) is 6.55. The lowest BCUT2D eigenvalue weighted by Gasteiger charge is -2.11. The van der Waals surface area contributed by atoms with Gasteiger partial charge in [-0.3, -0.25) is 4.79 Å². The summed E-state index contributed by atoms with van der Waals surface area (Å²) < 4.78 is 37.9. The van der Waals surface area contributed by atoms with Crippen molar-refractivity contribution in [3.8, 4) is 40.7 Å².